The Morgan fingerprint density at radius 1 is 1.35 bits per heavy atom. The average molecular weight is 257 g/mol. The predicted molar refractivity (Wildman–Crippen MR) is 61.5 cm³/mol. The molecule has 7 heteroatoms. The molecule has 0 spiro atoms. The van der Waals surface area contributed by atoms with Crippen molar-refractivity contribution in [3.8, 4) is 0 Å². The molecule has 0 aliphatic carbocycles. The first-order chi connectivity index (χ1) is 7.91. The van der Waals surface area contributed by atoms with Crippen molar-refractivity contribution >= 4 is 29.0 Å². The average Bonchev–Trinajstić information content (AvgIpc) is 2.20. The number of carbonyl (C=O) groups is 2. The molecule has 0 heterocycles. The summed E-state index contributed by atoms with van der Waals surface area (Å²) in [6.07, 6.45) is 0. The van der Waals surface area contributed by atoms with Crippen molar-refractivity contribution in [2.24, 2.45) is 0 Å². The van der Waals surface area contributed by atoms with Gasteiger partial charge in [0.25, 0.3) is 0 Å². The van der Waals surface area contributed by atoms with Crippen molar-refractivity contribution in [1.29, 1.82) is 0 Å². The minimum atomic E-state index is -1.88. The van der Waals surface area contributed by atoms with Gasteiger partial charge >= 0.3 is 11.9 Å². The van der Waals surface area contributed by atoms with Crippen LogP contribution in [-0.2, 0) is 9.59 Å². The number of nitrogens with one attached hydrogen (secondary N) is 1. The smallest absolute Gasteiger partial charge is 0.320 e. The van der Waals surface area contributed by atoms with Crippen LogP contribution in [0.3, 0.4) is 0 Å². The van der Waals surface area contributed by atoms with E-state index in [1.165, 1.54) is 24.3 Å². The molecule has 6 nitrogen and oxygen atoms in total. The molecular weight excluding hydrogens is 248 g/mol. The van der Waals surface area contributed by atoms with E-state index in [1.54, 1.807) is 0 Å². The molecule has 1 aromatic carbocycles. The van der Waals surface area contributed by atoms with Gasteiger partial charge in [-0.15, -0.1) is 0 Å². The Kier molecular flexibility index (Phi) is 4.17. The lowest BCUT2D eigenvalue weighted by molar-refractivity contribution is -0.492. The Morgan fingerprint density at radius 2 is 1.88 bits per heavy atom. The third-order valence-electron chi connectivity index (χ3n) is 1.96. The molecule has 1 unspecified atom stereocenters. The highest BCUT2D eigenvalue weighted by Crippen LogP contribution is 2.13. The second kappa shape index (κ2) is 5.40. The topological polar surface area (TPSA) is 89.3 Å². The molecule has 0 saturated heterocycles. The number of ketones is 1. The highest BCUT2D eigenvalue weighted by molar-refractivity contribution is 6.30. The van der Waals surface area contributed by atoms with Crippen molar-refractivity contribution in [2.75, 3.05) is 5.32 Å². The molecule has 90 valence electrons. The highest BCUT2D eigenvalue weighted by atomic mass is 35.5. The molecule has 17 heavy (non-hydrogen) atoms. The Bertz CT molecular complexity index is 444. The Labute approximate surface area is 102 Å². The molecule has 0 aromatic heterocycles. The van der Waals surface area contributed by atoms with Gasteiger partial charge in [-0.05, 0) is 24.3 Å². The number of nitrogens with zero attached hydrogens (tertiary/aromatic N) is 1. The van der Waals surface area contributed by atoms with Crippen LogP contribution in [0.4, 0.5) is 5.69 Å². The lowest BCUT2D eigenvalue weighted by Gasteiger charge is -2.07. The van der Waals surface area contributed by atoms with E-state index in [-0.39, 0.29) is 0 Å². The maximum Gasteiger partial charge on any atom is 0.346 e. The number of hydrogen-bond donors (Lipinski definition) is 1. The van der Waals surface area contributed by atoms with Gasteiger partial charge < -0.3 is 5.32 Å². The lowest BCUT2D eigenvalue weighted by atomic mass is 10.2. The molecule has 1 atom stereocenters. The Morgan fingerprint density at radius 3 is 2.29 bits per heavy atom. The van der Waals surface area contributed by atoms with E-state index in [4.69, 9.17) is 11.6 Å². The summed E-state index contributed by atoms with van der Waals surface area (Å²) in [5.74, 6) is -1.79. The molecule has 0 saturated carbocycles. The summed E-state index contributed by atoms with van der Waals surface area (Å²) in [5, 5.41) is 13.3. The van der Waals surface area contributed by atoms with Crippen LogP contribution >= 0.6 is 11.6 Å². The monoisotopic (exact) mass is 256 g/mol. The number of Topliss-reactive ketones (excluding diaryl/α,β-unsaturated/α-hetero) is 1. The number of benzene rings is 1. The van der Waals surface area contributed by atoms with Crippen LogP contribution in [-0.4, -0.2) is 22.7 Å². The third-order valence-corrected chi connectivity index (χ3v) is 2.21. The molecule has 0 aliphatic rings. The number of anilines is 1. The van der Waals surface area contributed by atoms with E-state index >= 15 is 0 Å². The molecule has 1 N–H and O–H groups in total. The van der Waals surface area contributed by atoms with Gasteiger partial charge in [-0.3, -0.25) is 19.7 Å². The SMILES string of the molecule is CC(=O)C(C(=O)Nc1ccc(Cl)cc1)[N+](=O)[O-]. The van der Waals surface area contributed by atoms with Gasteiger partial charge in [0.1, 0.15) is 0 Å². The van der Waals surface area contributed by atoms with Crippen molar-refractivity contribution < 1.29 is 14.5 Å². The van der Waals surface area contributed by atoms with E-state index in [0.717, 1.165) is 6.92 Å². The van der Waals surface area contributed by atoms with Crippen LogP contribution in [0.25, 0.3) is 0 Å². The maximum atomic E-state index is 11.5. The van der Waals surface area contributed by atoms with E-state index in [0.29, 0.717) is 10.7 Å². The number of nitro groups is 1. The van der Waals surface area contributed by atoms with E-state index in [1.807, 2.05) is 0 Å². The Balaban J connectivity index is 2.80. The summed E-state index contributed by atoms with van der Waals surface area (Å²) in [6.45, 7) is 0.995. The zero-order chi connectivity index (χ0) is 13.0. The van der Waals surface area contributed by atoms with Crippen molar-refractivity contribution in [3.05, 3.63) is 39.4 Å². The number of carbonyl (C=O) groups excluding carboxylic acids is 2. The molecule has 1 aromatic rings. The second-order valence-electron chi connectivity index (χ2n) is 3.29. The third kappa shape index (κ3) is 3.53. The van der Waals surface area contributed by atoms with Gasteiger partial charge in [0, 0.05) is 22.6 Å². The molecule has 0 fully saturated rings. The van der Waals surface area contributed by atoms with Gasteiger partial charge in [0.05, 0.1) is 0 Å². The molecule has 0 bridgehead atoms. The quantitative estimate of drug-likeness (QED) is 0.502. The zero-order valence-electron chi connectivity index (χ0n) is 8.84. The predicted octanol–water partition coefficient (Wildman–Crippen LogP) is 1.51. The van der Waals surface area contributed by atoms with Gasteiger partial charge in [-0.25, -0.2) is 0 Å². The largest absolute Gasteiger partial charge is 0.346 e. The van der Waals surface area contributed by atoms with Gasteiger partial charge in [-0.1, -0.05) is 11.6 Å². The number of hydrogen-bond acceptors (Lipinski definition) is 4. The van der Waals surface area contributed by atoms with Crippen LogP contribution < -0.4 is 5.32 Å². The summed E-state index contributed by atoms with van der Waals surface area (Å²) >= 11 is 5.64. The van der Waals surface area contributed by atoms with Gasteiger partial charge in [0.2, 0.25) is 5.78 Å². The summed E-state index contributed by atoms with van der Waals surface area (Å²) in [6, 6.07) is 4.12. The standard InChI is InChI=1S/C10H9ClN2O4/c1-6(14)9(13(16)17)10(15)12-8-4-2-7(11)3-5-8/h2-5,9H,1H3,(H,12,15). The van der Waals surface area contributed by atoms with Crippen LogP contribution in [0.1, 0.15) is 6.92 Å². The summed E-state index contributed by atoms with van der Waals surface area (Å²) < 4.78 is 0. The van der Waals surface area contributed by atoms with Crippen molar-refractivity contribution in [3.63, 3.8) is 0 Å². The first-order valence-corrected chi connectivity index (χ1v) is 5.00. The minimum Gasteiger partial charge on any atom is -0.320 e. The van der Waals surface area contributed by atoms with Crippen LogP contribution in [0, 0.1) is 10.1 Å². The molecular formula is C10H9ClN2O4. The fourth-order valence-electron chi connectivity index (χ4n) is 1.17. The second-order valence-corrected chi connectivity index (χ2v) is 3.73. The van der Waals surface area contributed by atoms with Crippen LogP contribution in [0.2, 0.25) is 5.02 Å². The zero-order valence-corrected chi connectivity index (χ0v) is 9.60. The van der Waals surface area contributed by atoms with E-state index in [9.17, 15) is 19.7 Å². The fourth-order valence-corrected chi connectivity index (χ4v) is 1.30. The Hall–Kier alpha value is -1.95. The normalized spacial score (nSPS) is 11.6. The molecule has 0 aliphatic heterocycles. The minimum absolute atomic E-state index is 0.340. The summed E-state index contributed by atoms with van der Waals surface area (Å²) in [5.41, 5.74) is 0.340. The highest BCUT2D eigenvalue weighted by Gasteiger charge is 2.34. The maximum absolute atomic E-state index is 11.5. The number of halogens is 1. The number of rotatable bonds is 4. The van der Waals surface area contributed by atoms with E-state index in [2.05, 4.69) is 5.32 Å². The molecule has 1 amide bonds. The van der Waals surface area contributed by atoms with Gasteiger partial charge in [0.15, 0.2) is 0 Å². The van der Waals surface area contributed by atoms with Gasteiger partial charge in [-0.2, -0.15) is 0 Å². The van der Waals surface area contributed by atoms with Crippen molar-refractivity contribution in [1.82, 2.24) is 0 Å². The first kappa shape index (κ1) is 13.1. The fraction of sp³-hybridized carbons (Fsp3) is 0.200. The lowest BCUT2D eigenvalue weighted by Crippen LogP contribution is -2.40. The van der Waals surface area contributed by atoms with Crippen LogP contribution in [0.15, 0.2) is 24.3 Å². The van der Waals surface area contributed by atoms with Crippen molar-refractivity contribution in [2.45, 2.75) is 13.0 Å². The van der Waals surface area contributed by atoms with Crippen LogP contribution in [0.5, 0.6) is 0 Å². The summed E-state index contributed by atoms with van der Waals surface area (Å²) in [7, 11) is 0. The summed E-state index contributed by atoms with van der Waals surface area (Å²) in [4.78, 5) is 32.0. The molecule has 0 radical (unpaired) electrons. The molecule has 1 rings (SSSR count). The first-order valence-electron chi connectivity index (χ1n) is 4.62. The number of amides is 1. The van der Waals surface area contributed by atoms with E-state index < -0.39 is 22.7 Å².